The Balaban J connectivity index is 1.82. The standard InChI is InChI=1S/C16H19N3O3S2/c1-19(10-7-12-5-8-17-9-6-12)24(21,22)15-11-23-16-13(15)3-2-4-14(16)18-20/h5-6,8-9,11,20H,2-4,7,10H2,1H3. The molecule has 2 heterocycles. The van der Waals surface area contributed by atoms with Crippen molar-refractivity contribution in [3.8, 4) is 0 Å². The lowest BCUT2D eigenvalue weighted by atomic mass is 9.98. The molecule has 8 heteroatoms. The van der Waals surface area contributed by atoms with E-state index in [1.165, 1.54) is 15.6 Å². The van der Waals surface area contributed by atoms with Gasteiger partial charge in [-0.25, -0.2) is 12.7 Å². The van der Waals surface area contributed by atoms with Gasteiger partial charge in [-0.05, 0) is 48.9 Å². The van der Waals surface area contributed by atoms with Crippen LogP contribution in [0.1, 0.15) is 28.8 Å². The molecule has 0 aromatic carbocycles. The van der Waals surface area contributed by atoms with Gasteiger partial charge in [0.2, 0.25) is 10.0 Å². The predicted molar refractivity (Wildman–Crippen MR) is 93.3 cm³/mol. The van der Waals surface area contributed by atoms with Crippen molar-refractivity contribution in [1.82, 2.24) is 9.29 Å². The molecule has 2 aromatic rings. The molecular weight excluding hydrogens is 346 g/mol. The molecule has 0 saturated heterocycles. The number of aromatic nitrogens is 1. The van der Waals surface area contributed by atoms with Crippen molar-refractivity contribution >= 4 is 27.1 Å². The summed E-state index contributed by atoms with van der Waals surface area (Å²) in [5.74, 6) is 0. The molecule has 0 radical (unpaired) electrons. The third-order valence-corrected chi connectivity index (χ3v) is 7.38. The Morgan fingerprint density at radius 2 is 2.08 bits per heavy atom. The monoisotopic (exact) mass is 365 g/mol. The highest BCUT2D eigenvalue weighted by Crippen LogP contribution is 2.34. The molecule has 1 aliphatic rings. The molecule has 0 bridgehead atoms. The zero-order valence-electron chi connectivity index (χ0n) is 13.3. The molecule has 0 fully saturated rings. The van der Waals surface area contributed by atoms with E-state index in [0.29, 0.717) is 36.4 Å². The minimum Gasteiger partial charge on any atom is -0.411 e. The van der Waals surface area contributed by atoms with Gasteiger partial charge in [-0.3, -0.25) is 4.98 Å². The van der Waals surface area contributed by atoms with Gasteiger partial charge in [-0.1, -0.05) is 5.16 Å². The van der Waals surface area contributed by atoms with E-state index >= 15 is 0 Å². The summed E-state index contributed by atoms with van der Waals surface area (Å²) in [6.07, 6.45) is 6.22. The number of fused-ring (bicyclic) bond motifs is 1. The smallest absolute Gasteiger partial charge is 0.243 e. The molecular formula is C16H19N3O3S2. The van der Waals surface area contributed by atoms with Crippen LogP contribution in [0.15, 0.2) is 40.0 Å². The van der Waals surface area contributed by atoms with Gasteiger partial charge < -0.3 is 5.21 Å². The van der Waals surface area contributed by atoms with Crippen LogP contribution >= 0.6 is 11.3 Å². The van der Waals surface area contributed by atoms with Crippen LogP contribution < -0.4 is 0 Å². The third-order valence-electron chi connectivity index (χ3n) is 4.23. The number of hydrogen-bond acceptors (Lipinski definition) is 6. The average Bonchev–Trinajstić information content (AvgIpc) is 3.05. The number of pyridine rings is 1. The number of thiophene rings is 1. The first-order chi connectivity index (χ1) is 11.5. The third kappa shape index (κ3) is 3.22. The molecule has 0 spiro atoms. The molecule has 0 saturated carbocycles. The van der Waals surface area contributed by atoms with Crippen LogP contribution in [0, 0.1) is 0 Å². The van der Waals surface area contributed by atoms with Crippen molar-refractivity contribution in [3.63, 3.8) is 0 Å². The van der Waals surface area contributed by atoms with Crippen LogP contribution in [-0.2, 0) is 22.9 Å². The van der Waals surface area contributed by atoms with Crippen LogP contribution in [-0.4, -0.2) is 42.2 Å². The first-order valence-electron chi connectivity index (χ1n) is 7.71. The second kappa shape index (κ2) is 7.00. The van der Waals surface area contributed by atoms with E-state index in [0.717, 1.165) is 22.4 Å². The quantitative estimate of drug-likeness (QED) is 0.652. The van der Waals surface area contributed by atoms with Crippen molar-refractivity contribution in [3.05, 3.63) is 45.9 Å². The zero-order chi connectivity index (χ0) is 17.2. The van der Waals surface area contributed by atoms with Crippen molar-refractivity contribution < 1.29 is 13.6 Å². The SMILES string of the molecule is CN(CCc1ccncc1)S(=O)(=O)c1csc2c1CCCC2=NO. The molecule has 0 amide bonds. The summed E-state index contributed by atoms with van der Waals surface area (Å²) < 4.78 is 27.2. The number of likely N-dealkylation sites (N-methyl/N-ethyl adjacent to an activating group) is 1. The van der Waals surface area contributed by atoms with Gasteiger partial charge in [0.25, 0.3) is 0 Å². The predicted octanol–water partition coefficient (Wildman–Crippen LogP) is 2.52. The van der Waals surface area contributed by atoms with E-state index in [4.69, 9.17) is 5.21 Å². The van der Waals surface area contributed by atoms with Gasteiger partial charge in [0.1, 0.15) is 0 Å². The van der Waals surface area contributed by atoms with Crippen molar-refractivity contribution in [2.24, 2.45) is 5.16 Å². The fraction of sp³-hybridized carbons (Fsp3) is 0.375. The lowest BCUT2D eigenvalue weighted by Gasteiger charge is -2.19. The Kier molecular flexibility index (Phi) is 4.98. The summed E-state index contributed by atoms with van der Waals surface area (Å²) in [7, 11) is -1.95. The molecule has 2 aromatic heterocycles. The minimum absolute atomic E-state index is 0.348. The van der Waals surface area contributed by atoms with E-state index < -0.39 is 10.0 Å². The highest BCUT2D eigenvalue weighted by molar-refractivity contribution is 7.89. The first kappa shape index (κ1) is 17.1. The van der Waals surface area contributed by atoms with E-state index in [9.17, 15) is 8.42 Å². The highest BCUT2D eigenvalue weighted by atomic mass is 32.2. The summed E-state index contributed by atoms with van der Waals surface area (Å²) in [5.41, 5.74) is 2.42. The number of hydrogen-bond donors (Lipinski definition) is 1. The topological polar surface area (TPSA) is 82.9 Å². The van der Waals surface area contributed by atoms with Gasteiger partial charge in [0, 0.05) is 31.4 Å². The second-order valence-corrected chi connectivity index (χ2v) is 8.63. The highest BCUT2D eigenvalue weighted by Gasteiger charge is 2.30. The van der Waals surface area contributed by atoms with Gasteiger partial charge in [0.15, 0.2) is 0 Å². The average molecular weight is 365 g/mol. The molecule has 1 aliphatic carbocycles. The van der Waals surface area contributed by atoms with Crippen molar-refractivity contribution in [2.75, 3.05) is 13.6 Å². The van der Waals surface area contributed by atoms with Gasteiger partial charge in [0.05, 0.1) is 15.5 Å². The Morgan fingerprint density at radius 1 is 1.33 bits per heavy atom. The zero-order valence-corrected chi connectivity index (χ0v) is 15.0. The Morgan fingerprint density at radius 3 is 2.79 bits per heavy atom. The van der Waals surface area contributed by atoms with Gasteiger partial charge in [-0.2, -0.15) is 0 Å². The van der Waals surface area contributed by atoms with Crippen LogP contribution in [0.5, 0.6) is 0 Å². The Bertz CT molecular complexity index is 845. The second-order valence-electron chi connectivity index (χ2n) is 5.74. The largest absolute Gasteiger partial charge is 0.411 e. The maximum Gasteiger partial charge on any atom is 0.243 e. The van der Waals surface area contributed by atoms with E-state index in [1.54, 1.807) is 24.8 Å². The maximum absolute atomic E-state index is 12.9. The fourth-order valence-electron chi connectivity index (χ4n) is 2.83. The molecule has 3 rings (SSSR count). The van der Waals surface area contributed by atoms with Gasteiger partial charge >= 0.3 is 0 Å². The van der Waals surface area contributed by atoms with Crippen molar-refractivity contribution in [2.45, 2.75) is 30.6 Å². The molecule has 24 heavy (non-hydrogen) atoms. The van der Waals surface area contributed by atoms with E-state index in [-0.39, 0.29) is 0 Å². The van der Waals surface area contributed by atoms with Crippen LogP contribution in [0.3, 0.4) is 0 Å². The summed E-state index contributed by atoms with van der Waals surface area (Å²) >= 11 is 1.34. The minimum atomic E-state index is -3.55. The summed E-state index contributed by atoms with van der Waals surface area (Å²) in [6.45, 7) is 0.401. The molecule has 0 atom stereocenters. The number of oxime groups is 1. The molecule has 1 N–H and O–H groups in total. The number of sulfonamides is 1. The summed E-state index contributed by atoms with van der Waals surface area (Å²) in [6, 6.07) is 3.77. The lowest BCUT2D eigenvalue weighted by Crippen LogP contribution is -2.29. The number of rotatable bonds is 5. The molecule has 6 nitrogen and oxygen atoms in total. The summed E-state index contributed by atoms with van der Waals surface area (Å²) in [4.78, 5) is 5.11. The van der Waals surface area contributed by atoms with Crippen LogP contribution in [0.25, 0.3) is 0 Å². The molecule has 0 aliphatic heterocycles. The van der Waals surface area contributed by atoms with E-state index in [1.807, 2.05) is 12.1 Å². The Hall–Kier alpha value is -1.77. The molecule has 128 valence electrons. The first-order valence-corrected chi connectivity index (χ1v) is 10.0. The normalized spacial score (nSPS) is 16.5. The summed E-state index contributed by atoms with van der Waals surface area (Å²) in [5, 5.41) is 14.1. The Labute approximate surface area is 145 Å². The van der Waals surface area contributed by atoms with Crippen LogP contribution in [0.4, 0.5) is 0 Å². The lowest BCUT2D eigenvalue weighted by molar-refractivity contribution is 0.317. The van der Waals surface area contributed by atoms with E-state index in [2.05, 4.69) is 10.1 Å². The van der Waals surface area contributed by atoms with Crippen molar-refractivity contribution in [1.29, 1.82) is 0 Å². The van der Waals surface area contributed by atoms with Gasteiger partial charge in [-0.15, -0.1) is 11.3 Å². The van der Waals surface area contributed by atoms with Crippen LogP contribution in [0.2, 0.25) is 0 Å². The molecule has 0 unspecified atom stereocenters. The number of nitrogens with zero attached hydrogens (tertiary/aromatic N) is 3. The maximum atomic E-state index is 12.9. The fourth-order valence-corrected chi connectivity index (χ4v) is 5.71.